The van der Waals surface area contributed by atoms with Crippen LogP contribution < -0.4 is 0 Å². The van der Waals surface area contributed by atoms with Gasteiger partial charge in [-0.05, 0) is 60.4 Å². The summed E-state index contributed by atoms with van der Waals surface area (Å²) in [5.41, 5.74) is 0.851. The first kappa shape index (κ1) is 14.3. The molecule has 0 radical (unpaired) electrons. The van der Waals surface area contributed by atoms with E-state index in [1.54, 1.807) is 0 Å². The number of alkyl halides is 1. The van der Waals surface area contributed by atoms with E-state index in [4.69, 9.17) is 0 Å². The van der Waals surface area contributed by atoms with E-state index < -0.39 is 0 Å². The molecule has 1 aromatic carbocycles. The van der Waals surface area contributed by atoms with E-state index in [1.165, 1.54) is 0 Å². The minimum Gasteiger partial charge on any atom is -0.336 e. The van der Waals surface area contributed by atoms with Crippen molar-refractivity contribution in [2.45, 2.75) is 31.7 Å². The second-order valence-electron chi connectivity index (χ2n) is 4.61. The molecule has 1 fully saturated rings. The number of halogens is 2. The number of rotatable bonds is 4. The standard InChI is InChI=1S/C14H17BrINO/c15-9-3-5-11-6-4-10-17(11)14(18)12-7-1-2-8-13(12)16/h1-2,7-8,11H,3-6,9-10H2. The van der Waals surface area contributed by atoms with Gasteiger partial charge >= 0.3 is 0 Å². The Morgan fingerprint density at radius 3 is 2.94 bits per heavy atom. The number of nitrogens with zero attached hydrogens (tertiary/aromatic N) is 1. The van der Waals surface area contributed by atoms with Gasteiger partial charge in [-0.2, -0.15) is 0 Å². The van der Waals surface area contributed by atoms with E-state index in [1.807, 2.05) is 24.3 Å². The van der Waals surface area contributed by atoms with E-state index in [2.05, 4.69) is 43.4 Å². The third-order valence-corrected chi connectivity index (χ3v) is 4.91. The smallest absolute Gasteiger partial charge is 0.255 e. The monoisotopic (exact) mass is 421 g/mol. The molecular formula is C14H17BrINO. The van der Waals surface area contributed by atoms with Crippen molar-refractivity contribution < 1.29 is 4.79 Å². The van der Waals surface area contributed by atoms with Crippen LogP contribution in [0.4, 0.5) is 0 Å². The Hall–Kier alpha value is -0.100. The molecule has 0 N–H and O–H groups in total. The highest BCUT2D eigenvalue weighted by Gasteiger charge is 2.29. The van der Waals surface area contributed by atoms with E-state index in [-0.39, 0.29) is 5.91 Å². The highest BCUT2D eigenvalue weighted by Crippen LogP contribution is 2.25. The average Bonchev–Trinajstić information content (AvgIpc) is 2.84. The highest BCUT2D eigenvalue weighted by atomic mass is 127. The van der Waals surface area contributed by atoms with Crippen molar-refractivity contribution in [3.8, 4) is 0 Å². The van der Waals surface area contributed by atoms with Crippen LogP contribution in [0.25, 0.3) is 0 Å². The van der Waals surface area contributed by atoms with Crippen molar-refractivity contribution >= 4 is 44.4 Å². The minimum atomic E-state index is 0.206. The average molecular weight is 422 g/mol. The van der Waals surface area contributed by atoms with Crippen molar-refractivity contribution in [2.24, 2.45) is 0 Å². The molecule has 0 aromatic heterocycles. The van der Waals surface area contributed by atoms with Crippen LogP contribution in [0.2, 0.25) is 0 Å². The van der Waals surface area contributed by atoms with Gasteiger partial charge < -0.3 is 4.90 Å². The zero-order valence-electron chi connectivity index (χ0n) is 10.2. The predicted molar refractivity (Wildman–Crippen MR) is 86.2 cm³/mol. The van der Waals surface area contributed by atoms with Gasteiger partial charge in [0.05, 0.1) is 5.56 Å². The molecule has 0 bridgehead atoms. The van der Waals surface area contributed by atoms with Crippen molar-refractivity contribution in [2.75, 3.05) is 11.9 Å². The molecule has 0 spiro atoms. The molecule has 1 amide bonds. The van der Waals surface area contributed by atoms with Crippen molar-refractivity contribution in [1.82, 2.24) is 4.90 Å². The maximum atomic E-state index is 12.6. The van der Waals surface area contributed by atoms with Crippen LogP contribution in [0.15, 0.2) is 24.3 Å². The number of benzene rings is 1. The third kappa shape index (κ3) is 3.26. The third-order valence-electron chi connectivity index (χ3n) is 3.41. The van der Waals surface area contributed by atoms with Crippen LogP contribution in [0.5, 0.6) is 0 Å². The first-order valence-electron chi connectivity index (χ1n) is 6.35. The summed E-state index contributed by atoms with van der Waals surface area (Å²) < 4.78 is 1.05. The zero-order chi connectivity index (χ0) is 13.0. The van der Waals surface area contributed by atoms with Gasteiger partial charge in [0.2, 0.25) is 0 Å². The Bertz CT molecular complexity index is 424. The Morgan fingerprint density at radius 2 is 2.22 bits per heavy atom. The van der Waals surface area contributed by atoms with Crippen LogP contribution >= 0.6 is 38.5 Å². The van der Waals surface area contributed by atoms with Crippen LogP contribution in [0.3, 0.4) is 0 Å². The number of hydrogen-bond acceptors (Lipinski definition) is 1. The maximum absolute atomic E-state index is 12.6. The van der Waals surface area contributed by atoms with Gasteiger partial charge in [-0.25, -0.2) is 0 Å². The topological polar surface area (TPSA) is 20.3 Å². The van der Waals surface area contributed by atoms with Crippen LogP contribution in [-0.4, -0.2) is 28.7 Å². The number of hydrogen-bond donors (Lipinski definition) is 0. The lowest BCUT2D eigenvalue weighted by Crippen LogP contribution is -2.35. The van der Waals surface area contributed by atoms with Crippen LogP contribution in [0, 0.1) is 3.57 Å². The van der Waals surface area contributed by atoms with Crippen molar-refractivity contribution in [1.29, 1.82) is 0 Å². The Kier molecular flexibility index (Phi) is 5.48. The molecule has 1 atom stereocenters. The van der Waals surface area contributed by atoms with E-state index in [0.29, 0.717) is 6.04 Å². The van der Waals surface area contributed by atoms with E-state index in [0.717, 1.165) is 46.7 Å². The van der Waals surface area contributed by atoms with Gasteiger partial charge in [0.15, 0.2) is 0 Å². The largest absolute Gasteiger partial charge is 0.336 e. The van der Waals surface area contributed by atoms with Crippen molar-refractivity contribution in [3.63, 3.8) is 0 Å². The predicted octanol–water partition coefficient (Wildman–Crippen LogP) is 4.07. The summed E-state index contributed by atoms with van der Waals surface area (Å²) in [5, 5.41) is 1.02. The lowest BCUT2D eigenvalue weighted by atomic mass is 10.1. The molecule has 1 unspecified atom stereocenters. The second kappa shape index (κ2) is 6.89. The Labute approximate surface area is 130 Å². The molecule has 0 aliphatic carbocycles. The fourth-order valence-electron chi connectivity index (χ4n) is 2.51. The van der Waals surface area contributed by atoms with Crippen LogP contribution in [-0.2, 0) is 0 Å². The fourth-order valence-corrected chi connectivity index (χ4v) is 3.45. The number of carbonyl (C=O) groups is 1. The molecule has 0 saturated carbocycles. The van der Waals surface area contributed by atoms with Gasteiger partial charge in [-0.15, -0.1) is 0 Å². The molecule has 1 saturated heterocycles. The SMILES string of the molecule is O=C(c1ccccc1I)N1CCCC1CCCBr. The highest BCUT2D eigenvalue weighted by molar-refractivity contribution is 14.1. The maximum Gasteiger partial charge on any atom is 0.255 e. The van der Waals surface area contributed by atoms with Crippen LogP contribution in [0.1, 0.15) is 36.0 Å². The quantitative estimate of drug-likeness (QED) is 0.530. The zero-order valence-corrected chi connectivity index (χ0v) is 14.0. The van der Waals surface area contributed by atoms with E-state index >= 15 is 0 Å². The Balaban J connectivity index is 2.10. The molecule has 18 heavy (non-hydrogen) atoms. The molecule has 2 rings (SSSR count). The summed E-state index contributed by atoms with van der Waals surface area (Å²) in [6, 6.07) is 8.29. The number of likely N-dealkylation sites (tertiary alicyclic amines) is 1. The summed E-state index contributed by atoms with van der Waals surface area (Å²) in [7, 11) is 0. The normalized spacial score (nSPS) is 19.2. The molecule has 98 valence electrons. The summed E-state index contributed by atoms with van der Waals surface area (Å²) >= 11 is 5.71. The molecule has 4 heteroatoms. The fraction of sp³-hybridized carbons (Fsp3) is 0.500. The number of carbonyl (C=O) groups excluding carboxylic acids is 1. The van der Waals surface area contributed by atoms with Gasteiger partial charge in [0, 0.05) is 21.5 Å². The second-order valence-corrected chi connectivity index (χ2v) is 6.56. The minimum absolute atomic E-state index is 0.206. The first-order chi connectivity index (χ1) is 8.74. The van der Waals surface area contributed by atoms with E-state index in [9.17, 15) is 4.79 Å². The summed E-state index contributed by atoms with van der Waals surface area (Å²) in [4.78, 5) is 14.6. The first-order valence-corrected chi connectivity index (χ1v) is 8.55. The lowest BCUT2D eigenvalue weighted by Gasteiger charge is -2.25. The molecule has 2 nitrogen and oxygen atoms in total. The van der Waals surface area contributed by atoms with Gasteiger partial charge in [-0.1, -0.05) is 28.1 Å². The molecule has 1 aromatic rings. The summed E-state index contributed by atoms with van der Waals surface area (Å²) in [6.45, 7) is 0.913. The molecule has 1 heterocycles. The molecule has 1 aliphatic heterocycles. The van der Waals surface area contributed by atoms with Gasteiger partial charge in [-0.3, -0.25) is 4.79 Å². The molecule has 1 aliphatic rings. The number of amides is 1. The Morgan fingerprint density at radius 1 is 1.44 bits per heavy atom. The van der Waals surface area contributed by atoms with Gasteiger partial charge in [0.25, 0.3) is 5.91 Å². The lowest BCUT2D eigenvalue weighted by molar-refractivity contribution is 0.0729. The van der Waals surface area contributed by atoms with Crippen molar-refractivity contribution in [3.05, 3.63) is 33.4 Å². The summed E-state index contributed by atoms with van der Waals surface area (Å²) in [5.74, 6) is 0.206. The molecular weight excluding hydrogens is 405 g/mol. The van der Waals surface area contributed by atoms with Gasteiger partial charge in [0.1, 0.15) is 0 Å². The summed E-state index contributed by atoms with van der Waals surface area (Å²) in [6.07, 6.45) is 4.55.